The number of ether oxygens (including phenoxy) is 1. The first-order valence-corrected chi connectivity index (χ1v) is 4.63. The number of aliphatic hydroxyl groups is 1. The highest BCUT2D eigenvalue weighted by Crippen LogP contribution is 2.03. The van der Waals surface area contributed by atoms with Crippen LogP contribution in [0.15, 0.2) is 0 Å². The van der Waals surface area contributed by atoms with Crippen molar-refractivity contribution in [2.45, 2.75) is 51.9 Å². The molecule has 3 N–H and O–H groups in total. The summed E-state index contributed by atoms with van der Waals surface area (Å²) in [7, 11) is 0. The van der Waals surface area contributed by atoms with E-state index in [2.05, 4.69) is 0 Å². The molecule has 1 unspecified atom stereocenters. The summed E-state index contributed by atoms with van der Waals surface area (Å²) in [6.07, 6.45) is 0.0555. The van der Waals surface area contributed by atoms with Gasteiger partial charge in [0.05, 0.1) is 6.10 Å². The minimum atomic E-state index is -1.19. The molecule has 0 aromatic rings. The van der Waals surface area contributed by atoms with E-state index >= 15 is 0 Å². The SMILES string of the molecule is CCC[C@H](N)C(O)C(=O)OC(C)C. The lowest BCUT2D eigenvalue weighted by Gasteiger charge is -2.18. The van der Waals surface area contributed by atoms with Crippen molar-refractivity contribution >= 4 is 5.97 Å². The molecule has 0 aliphatic carbocycles. The summed E-state index contributed by atoms with van der Waals surface area (Å²) in [4.78, 5) is 11.1. The van der Waals surface area contributed by atoms with E-state index in [0.717, 1.165) is 6.42 Å². The van der Waals surface area contributed by atoms with Crippen LogP contribution in [-0.2, 0) is 9.53 Å². The number of rotatable bonds is 5. The molecule has 0 saturated carbocycles. The second-order valence-electron chi connectivity index (χ2n) is 3.38. The third-order valence-corrected chi connectivity index (χ3v) is 1.62. The molecule has 4 nitrogen and oxygen atoms in total. The molecule has 4 heteroatoms. The standard InChI is InChI=1S/C9H19NO3/c1-4-5-7(10)8(11)9(12)13-6(2)3/h6-8,11H,4-5,10H2,1-3H3/t7-,8?/m0/s1. The van der Waals surface area contributed by atoms with E-state index < -0.39 is 18.1 Å². The molecule has 13 heavy (non-hydrogen) atoms. The molecule has 78 valence electrons. The second kappa shape index (κ2) is 5.94. The number of nitrogens with two attached hydrogens (primary N) is 1. The zero-order valence-corrected chi connectivity index (χ0v) is 8.49. The van der Waals surface area contributed by atoms with E-state index in [1.54, 1.807) is 13.8 Å². The van der Waals surface area contributed by atoms with Gasteiger partial charge in [-0.25, -0.2) is 4.79 Å². The topological polar surface area (TPSA) is 72.5 Å². The second-order valence-corrected chi connectivity index (χ2v) is 3.38. The van der Waals surface area contributed by atoms with Crippen LogP contribution >= 0.6 is 0 Å². The van der Waals surface area contributed by atoms with Crippen molar-refractivity contribution in [2.24, 2.45) is 5.73 Å². The average Bonchev–Trinajstić information content (AvgIpc) is 2.02. The Morgan fingerprint density at radius 1 is 1.54 bits per heavy atom. The molecule has 2 atom stereocenters. The molecular weight excluding hydrogens is 170 g/mol. The summed E-state index contributed by atoms with van der Waals surface area (Å²) in [5, 5.41) is 9.37. The Morgan fingerprint density at radius 2 is 2.08 bits per heavy atom. The largest absolute Gasteiger partial charge is 0.461 e. The van der Waals surface area contributed by atoms with Crippen LogP contribution in [0.2, 0.25) is 0 Å². The Balaban J connectivity index is 3.93. The normalized spacial score (nSPS) is 15.5. The summed E-state index contributed by atoms with van der Waals surface area (Å²) >= 11 is 0. The van der Waals surface area contributed by atoms with Gasteiger partial charge >= 0.3 is 5.97 Å². The minimum absolute atomic E-state index is 0.212. The predicted molar refractivity (Wildman–Crippen MR) is 50.1 cm³/mol. The number of carbonyl (C=O) groups is 1. The minimum Gasteiger partial charge on any atom is -0.461 e. The van der Waals surface area contributed by atoms with Crippen LogP contribution in [0.1, 0.15) is 33.6 Å². The van der Waals surface area contributed by atoms with Gasteiger partial charge in [0.15, 0.2) is 6.10 Å². The van der Waals surface area contributed by atoms with Gasteiger partial charge in [-0.3, -0.25) is 0 Å². The van der Waals surface area contributed by atoms with Crippen molar-refractivity contribution in [1.82, 2.24) is 0 Å². The highest BCUT2D eigenvalue weighted by molar-refractivity contribution is 5.75. The fourth-order valence-corrected chi connectivity index (χ4v) is 0.968. The molecule has 0 fully saturated rings. The molecule has 0 aliphatic rings. The van der Waals surface area contributed by atoms with Gasteiger partial charge in [-0.05, 0) is 20.3 Å². The fraction of sp³-hybridized carbons (Fsp3) is 0.889. The number of carbonyl (C=O) groups excluding carboxylic acids is 1. The van der Waals surface area contributed by atoms with Gasteiger partial charge in [0, 0.05) is 6.04 Å². The molecule has 0 aromatic heterocycles. The Bertz CT molecular complexity index is 159. The lowest BCUT2D eigenvalue weighted by molar-refractivity contribution is -0.158. The van der Waals surface area contributed by atoms with Gasteiger partial charge in [-0.15, -0.1) is 0 Å². The molecule has 0 aliphatic heterocycles. The van der Waals surface area contributed by atoms with Gasteiger partial charge in [-0.2, -0.15) is 0 Å². The lowest BCUT2D eigenvalue weighted by Crippen LogP contribution is -2.42. The van der Waals surface area contributed by atoms with Gasteiger partial charge in [0.25, 0.3) is 0 Å². The van der Waals surface area contributed by atoms with Crippen LogP contribution in [0, 0.1) is 0 Å². The van der Waals surface area contributed by atoms with Gasteiger partial charge < -0.3 is 15.6 Å². The highest BCUT2D eigenvalue weighted by Gasteiger charge is 2.24. The zero-order valence-electron chi connectivity index (χ0n) is 8.49. The molecule has 0 radical (unpaired) electrons. The first-order chi connectivity index (χ1) is 5.99. The highest BCUT2D eigenvalue weighted by atomic mass is 16.6. The van der Waals surface area contributed by atoms with Crippen LogP contribution < -0.4 is 5.73 Å². The van der Waals surface area contributed by atoms with Crippen LogP contribution in [0.25, 0.3) is 0 Å². The van der Waals surface area contributed by atoms with Crippen LogP contribution in [0.5, 0.6) is 0 Å². The Morgan fingerprint density at radius 3 is 2.46 bits per heavy atom. The summed E-state index contributed by atoms with van der Waals surface area (Å²) in [6, 6.07) is -0.517. The smallest absolute Gasteiger partial charge is 0.336 e. The van der Waals surface area contributed by atoms with E-state index in [4.69, 9.17) is 10.5 Å². The maximum atomic E-state index is 11.1. The summed E-state index contributed by atoms with van der Waals surface area (Å²) in [5.74, 6) is -0.629. The third-order valence-electron chi connectivity index (χ3n) is 1.62. The van der Waals surface area contributed by atoms with E-state index in [0.29, 0.717) is 6.42 Å². The number of aliphatic hydroxyl groups excluding tert-OH is 1. The molecular formula is C9H19NO3. The molecule has 0 heterocycles. The van der Waals surface area contributed by atoms with Crippen molar-refractivity contribution < 1.29 is 14.6 Å². The van der Waals surface area contributed by atoms with E-state index in [9.17, 15) is 9.90 Å². The van der Waals surface area contributed by atoms with Crippen molar-refractivity contribution in [1.29, 1.82) is 0 Å². The molecule has 0 aromatic carbocycles. The Kier molecular flexibility index (Phi) is 5.66. The average molecular weight is 189 g/mol. The van der Waals surface area contributed by atoms with Crippen molar-refractivity contribution in [3.63, 3.8) is 0 Å². The molecule has 0 saturated heterocycles. The monoisotopic (exact) mass is 189 g/mol. The summed E-state index contributed by atoms with van der Waals surface area (Å²) in [5.41, 5.74) is 5.55. The predicted octanol–water partition coefficient (Wildman–Crippen LogP) is 0.426. The third kappa shape index (κ3) is 4.85. The van der Waals surface area contributed by atoms with Crippen molar-refractivity contribution in [3.8, 4) is 0 Å². The molecule has 0 amide bonds. The quantitative estimate of drug-likeness (QED) is 0.615. The maximum absolute atomic E-state index is 11.1. The lowest BCUT2D eigenvalue weighted by atomic mass is 10.1. The zero-order chi connectivity index (χ0) is 10.4. The maximum Gasteiger partial charge on any atom is 0.336 e. The summed E-state index contributed by atoms with van der Waals surface area (Å²) in [6.45, 7) is 5.41. The van der Waals surface area contributed by atoms with Crippen molar-refractivity contribution in [3.05, 3.63) is 0 Å². The Labute approximate surface area is 79.1 Å². The van der Waals surface area contributed by atoms with E-state index in [1.807, 2.05) is 6.92 Å². The molecule has 0 rings (SSSR count). The van der Waals surface area contributed by atoms with Crippen LogP contribution in [0.3, 0.4) is 0 Å². The van der Waals surface area contributed by atoms with Crippen LogP contribution in [-0.4, -0.2) is 29.3 Å². The first-order valence-electron chi connectivity index (χ1n) is 4.63. The van der Waals surface area contributed by atoms with E-state index in [-0.39, 0.29) is 6.10 Å². The van der Waals surface area contributed by atoms with Crippen LogP contribution in [0.4, 0.5) is 0 Å². The van der Waals surface area contributed by atoms with E-state index in [1.165, 1.54) is 0 Å². The van der Waals surface area contributed by atoms with Gasteiger partial charge in [0.1, 0.15) is 0 Å². The van der Waals surface area contributed by atoms with Gasteiger partial charge in [-0.1, -0.05) is 13.3 Å². The number of hydrogen-bond acceptors (Lipinski definition) is 4. The van der Waals surface area contributed by atoms with Gasteiger partial charge in [0.2, 0.25) is 0 Å². The summed E-state index contributed by atoms with van der Waals surface area (Å²) < 4.78 is 4.81. The number of esters is 1. The molecule has 0 spiro atoms. The first kappa shape index (κ1) is 12.4. The van der Waals surface area contributed by atoms with Crippen molar-refractivity contribution in [2.75, 3.05) is 0 Å². The molecule has 0 bridgehead atoms. The number of hydrogen-bond donors (Lipinski definition) is 2. The fourth-order valence-electron chi connectivity index (χ4n) is 0.968. The Hall–Kier alpha value is -0.610.